The molecule has 0 spiro atoms. The van der Waals surface area contributed by atoms with Gasteiger partial charge >= 0.3 is 0 Å². The summed E-state index contributed by atoms with van der Waals surface area (Å²) in [6.45, 7) is 6.42. The van der Waals surface area contributed by atoms with Crippen molar-refractivity contribution >= 4 is 23.0 Å². The molecule has 6 nitrogen and oxygen atoms in total. The van der Waals surface area contributed by atoms with E-state index in [1.54, 1.807) is 38.1 Å². The average Bonchev–Trinajstić information content (AvgIpc) is 2.58. The summed E-state index contributed by atoms with van der Waals surface area (Å²) in [6, 6.07) is 6.79. The van der Waals surface area contributed by atoms with Gasteiger partial charge in [-0.3, -0.25) is 0 Å². The Labute approximate surface area is 128 Å². The summed E-state index contributed by atoms with van der Waals surface area (Å²) in [5, 5.41) is 36.9. The maximum absolute atomic E-state index is 12.8. The van der Waals surface area contributed by atoms with Gasteiger partial charge in [0.05, 0.1) is 0 Å². The van der Waals surface area contributed by atoms with E-state index >= 15 is 0 Å². The fourth-order valence-corrected chi connectivity index (χ4v) is 2.80. The van der Waals surface area contributed by atoms with Crippen LogP contribution in [0.25, 0.3) is 0 Å². The third-order valence-corrected chi connectivity index (χ3v) is 4.33. The second kappa shape index (κ2) is 4.98. The van der Waals surface area contributed by atoms with Crippen molar-refractivity contribution in [2.24, 2.45) is 5.16 Å². The van der Waals surface area contributed by atoms with Crippen molar-refractivity contribution in [3.63, 3.8) is 0 Å². The molecule has 0 radical (unpaired) electrons. The number of hydrogen-bond acceptors (Lipinski definition) is 5. The Morgan fingerprint density at radius 1 is 1.29 bits per heavy atom. The highest BCUT2D eigenvalue weighted by Gasteiger charge is 2.61. The van der Waals surface area contributed by atoms with Crippen molar-refractivity contribution < 1.29 is 15.2 Å². The molecular formula is C14H18ClN3O3. The molecule has 1 aromatic rings. The summed E-state index contributed by atoms with van der Waals surface area (Å²) >= 11 is 5.87. The van der Waals surface area contributed by atoms with Crippen molar-refractivity contribution in [2.45, 2.75) is 38.9 Å². The first-order valence-corrected chi connectivity index (χ1v) is 6.84. The molecule has 0 aromatic heterocycles. The van der Waals surface area contributed by atoms with Crippen LogP contribution < -0.4 is 0 Å². The van der Waals surface area contributed by atoms with Crippen LogP contribution in [0.5, 0.6) is 0 Å². The van der Waals surface area contributed by atoms with Gasteiger partial charge in [-0.25, -0.2) is 0 Å². The molecule has 0 saturated heterocycles. The molecule has 0 bridgehead atoms. The summed E-state index contributed by atoms with van der Waals surface area (Å²) in [5.74, 6) is 0. The van der Waals surface area contributed by atoms with Gasteiger partial charge in [0.2, 0.25) is 5.71 Å². The van der Waals surface area contributed by atoms with E-state index in [0.29, 0.717) is 21.0 Å². The smallest absolute Gasteiger partial charge is 0.290 e. The SMILES string of the molecule is CC(=NO)C1(C)N(O)C(C)(C)C(c2ccc(Cl)cc2)=[N+]1[O-]. The number of rotatable bonds is 2. The summed E-state index contributed by atoms with van der Waals surface area (Å²) in [4.78, 5) is 0. The van der Waals surface area contributed by atoms with Crippen LogP contribution >= 0.6 is 11.6 Å². The number of nitrogens with zero attached hydrogens (tertiary/aromatic N) is 3. The van der Waals surface area contributed by atoms with Gasteiger partial charge < -0.3 is 15.6 Å². The monoisotopic (exact) mass is 311 g/mol. The number of hydrogen-bond donors (Lipinski definition) is 2. The lowest BCUT2D eigenvalue weighted by atomic mass is 9.92. The van der Waals surface area contributed by atoms with E-state index in [9.17, 15) is 10.4 Å². The fourth-order valence-electron chi connectivity index (χ4n) is 2.67. The Kier molecular flexibility index (Phi) is 3.73. The van der Waals surface area contributed by atoms with Crippen LogP contribution in [0.2, 0.25) is 5.02 Å². The molecule has 114 valence electrons. The highest BCUT2D eigenvalue weighted by molar-refractivity contribution is 6.30. The van der Waals surface area contributed by atoms with Crippen molar-refractivity contribution in [3.05, 3.63) is 40.1 Å². The van der Waals surface area contributed by atoms with Gasteiger partial charge in [0.25, 0.3) is 5.66 Å². The predicted molar refractivity (Wildman–Crippen MR) is 80.2 cm³/mol. The third kappa shape index (κ3) is 2.10. The highest BCUT2D eigenvalue weighted by atomic mass is 35.5. The molecule has 1 unspecified atom stereocenters. The second-order valence-electron chi connectivity index (χ2n) is 5.73. The van der Waals surface area contributed by atoms with Gasteiger partial charge in [0.1, 0.15) is 11.3 Å². The van der Waals surface area contributed by atoms with Crippen LogP contribution in [-0.4, -0.2) is 42.8 Å². The molecule has 2 N–H and O–H groups in total. The Balaban J connectivity index is 2.70. The molecule has 1 aromatic carbocycles. The average molecular weight is 312 g/mol. The Bertz CT molecular complexity index is 625. The summed E-state index contributed by atoms with van der Waals surface area (Å²) in [6.07, 6.45) is 0. The molecule has 21 heavy (non-hydrogen) atoms. The molecule has 0 aliphatic carbocycles. The highest BCUT2D eigenvalue weighted by Crippen LogP contribution is 2.36. The van der Waals surface area contributed by atoms with E-state index in [-0.39, 0.29) is 5.71 Å². The van der Waals surface area contributed by atoms with Gasteiger partial charge in [0, 0.05) is 17.5 Å². The molecule has 1 aliphatic rings. The third-order valence-electron chi connectivity index (χ3n) is 4.07. The van der Waals surface area contributed by atoms with E-state index in [1.165, 1.54) is 13.8 Å². The fraction of sp³-hybridized carbons (Fsp3) is 0.429. The predicted octanol–water partition coefficient (Wildman–Crippen LogP) is 2.69. The largest absolute Gasteiger partial charge is 0.622 e. The molecule has 1 heterocycles. The second-order valence-corrected chi connectivity index (χ2v) is 6.16. The first kappa shape index (κ1) is 15.8. The van der Waals surface area contributed by atoms with Gasteiger partial charge in [-0.1, -0.05) is 16.8 Å². The molecule has 2 rings (SSSR count). The zero-order valence-electron chi connectivity index (χ0n) is 12.3. The first-order chi connectivity index (χ1) is 9.67. The van der Waals surface area contributed by atoms with Gasteiger partial charge in [-0.05, 0) is 45.0 Å². The molecular weight excluding hydrogens is 294 g/mol. The molecule has 0 amide bonds. The van der Waals surface area contributed by atoms with Crippen LogP contribution in [0.15, 0.2) is 29.4 Å². The maximum Gasteiger partial charge on any atom is 0.290 e. The lowest BCUT2D eigenvalue weighted by Gasteiger charge is -2.32. The molecule has 1 aliphatic heterocycles. The minimum atomic E-state index is -1.48. The molecule has 0 fully saturated rings. The van der Waals surface area contributed by atoms with Crippen molar-refractivity contribution in [1.29, 1.82) is 0 Å². The van der Waals surface area contributed by atoms with E-state index in [1.807, 2.05) is 0 Å². The normalized spacial score (nSPS) is 26.5. The minimum Gasteiger partial charge on any atom is -0.622 e. The van der Waals surface area contributed by atoms with Gasteiger partial charge in [0.15, 0.2) is 0 Å². The van der Waals surface area contributed by atoms with Crippen molar-refractivity contribution in [1.82, 2.24) is 5.06 Å². The molecule has 7 heteroatoms. The summed E-state index contributed by atoms with van der Waals surface area (Å²) in [7, 11) is 0. The first-order valence-electron chi connectivity index (χ1n) is 6.46. The zero-order chi connectivity index (χ0) is 16.0. The van der Waals surface area contributed by atoms with E-state index in [4.69, 9.17) is 16.8 Å². The standard InChI is InChI=1S/C14H18ClN3O3/c1-9(16-19)14(4)17(20)12(13(2,3)18(14)21)10-5-7-11(15)8-6-10/h5-8,19,21H,1-4H3. The van der Waals surface area contributed by atoms with E-state index < -0.39 is 11.2 Å². The maximum atomic E-state index is 12.8. The quantitative estimate of drug-likeness (QED) is 0.289. The van der Waals surface area contributed by atoms with Gasteiger partial charge in [-0.15, -0.1) is 5.06 Å². The summed E-state index contributed by atoms with van der Waals surface area (Å²) in [5.41, 5.74) is -1.33. The molecule has 1 atom stereocenters. The van der Waals surface area contributed by atoms with E-state index in [0.717, 1.165) is 5.06 Å². The number of hydroxylamine groups is 3. The Hall–Kier alpha value is -1.63. The minimum absolute atomic E-state index is 0.0945. The number of halogens is 1. The lowest BCUT2D eigenvalue weighted by molar-refractivity contribution is -0.560. The number of oxime groups is 1. The molecule has 0 saturated carbocycles. The lowest BCUT2D eigenvalue weighted by Crippen LogP contribution is -2.57. The Morgan fingerprint density at radius 2 is 1.81 bits per heavy atom. The van der Waals surface area contributed by atoms with Crippen LogP contribution in [-0.2, 0) is 0 Å². The van der Waals surface area contributed by atoms with Crippen LogP contribution in [0, 0.1) is 5.21 Å². The van der Waals surface area contributed by atoms with Gasteiger partial charge in [-0.2, -0.15) is 4.74 Å². The summed E-state index contributed by atoms with van der Waals surface area (Å²) < 4.78 is 0.672. The van der Waals surface area contributed by atoms with Crippen molar-refractivity contribution in [3.8, 4) is 0 Å². The zero-order valence-corrected chi connectivity index (χ0v) is 13.1. The topological polar surface area (TPSA) is 82.1 Å². The van der Waals surface area contributed by atoms with Crippen LogP contribution in [0.4, 0.5) is 0 Å². The van der Waals surface area contributed by atoms with Crippen LogP contribution in [0.3, 0.4) is 0 Å². The number of benzene rings is 1. The van der Waals surface area contributed by atoms with E-state index in [2.05, 4.69) is 5.16 Å². The Morgan fingerprint density at radius 3 is 2.29 bits per heavy atom. The van der Waals surface area contributed by atoms with Crippen LogP contribution in [0.1, 0.15) is 33.3 Å². The van der Waals surface area contributed by atoms with Crippen molar-refractivity contribution in [2.75, 3.05) is 0 Å².